The largest absolute Gasteiger partial charge is 0.508 e. The molecule has 1 aliphatic rings. The van der Waals surface area contributed by atoms with Crippen LogP contribution < -0.4 is 5.32 Å². The summed E-state index contributed by atoms with van der Waals surface area (Å²) in [5.74, 6) is -1.16. The molecule has 1 aromatic carbocycles. The van der Waals surface area contributed by atoms with Crippen molar-refractivity contribution in [3.63, 3.8) is 0 Å². The van der Waals surface area contributed by atoms with Gasteiger partial charge >= 0.3 is 5.97 Å². The number of amides is 1. The van der Waals surface area contributed by atoms with E-state index in [1.54, 1.807) is 12.1 Å². The Balaban J connectivity index is 1.90. The Morgan fingerprint density at radius 1 is 1.38 bits per heavy atom. The van der Waals surface area contributed by atoms with Gasteiger partial charge in [-0.25, -0.2) is 4.79 Å². The number of hydrogen-bond acceptors (Lipinski definition) is 4. The topological polar surface area (TPSA) is 95.9 Å². The second-order valence-electron chi connectivity index (χ2n) is 5.03. The van der Waals surface area contributed by atoms with Crippen molar-refractivity contribution in [1.82, 2.24) is 5.32 Å². The molecule has 0 saturated heterocycles. The Labute approximate surface area is 122 Å². The summed E-state index contributed by atoms with van der Waals surface area (Å²) in [7, 11) is 0. The first-order valence-corrected chi connectivity index (χ1v) is 6.97. The summed E-state index contributed by atoms with van der Waals surface area (Å²) in [4.78, 5) is 22.5. The molecule has 0 aromatic heterocycles. The van der Waals surface area contributed by atoms with Gasteiger partial charge in [0.1, 0.15) is 12.4 Å². The van der Waals surface area contributed by atoms with Gasteiger partial charge in [-0.15, -0.1) is 0 Å². The maximum atomic E-state index is 12.2. The molecule has 1 atom stereocenters. The van der Waals surface area contributed by atoms with E-state index in [-0.39, 0.29) is 37.3 Å². The summed E-state index contributed by atoms with van der Waals surface area (Å²) in [5.41, 5.74) is 1.73. The molecule has 21 heavy (non-hydrogen) atoms. The lowest BCUT2D eigenvalue weighted by Crippen LogP contribution is -2.34. The SMILES string of the molecule is O=C(O)COCCNC(=O)[C@@H]1CCCc2c(O)cccc21. The van der Waals surface area contributed by atoms with E-state index in [9.17, 15) is 14.7 Å². The molecule has 0 bridgehead atoms. The lowest BCUT2D eigenvalue weighted by molar-refractivity contribution is -0.142. The second kappa shape index (κ2) is 7.08. The predicted octanol–water partition coefficient (Wildman–Crippen LogP) is 1.03. The van der Waals surface area contributed by atoms with E-state index in [4.69, 9.17) is 9.84 Å². The number of carboxylic acids is 1. The van der Waals surface area contributed by atoms with Gasteiger partial charge in [-0.3, -0.25) is 4.79 Å². The van der Waals surface area contributed by atoms with Crippen molar-refractivity contribution in [2.24, 2.45) is 0 Å². The van der Waals surface area contributed by atoms with Crippen molar-refractivity contribution in [2.75, 3.05) is 19.8 Å². The van der Waals surface area contributed by atoms with Crippen LogP contribution in [0.15, 0.2) is 18.2 Å². The highest BCUT2D eigenvalue weighted by Gasteiger charge is 2.27. The Morgan fingerprint density at radius 2 is 2.19 bits per heavy atom. The number of carbonyl (C=O) groups excluding carboxylic acids is 1. The van der Waals surface area contributed by atoms with Crippen molar-refractivity contribution in [1.29, 1.82) is 0 Å². The summed E-state index contributed by atoms with van der Waals surface area (Å²) in [5, 5.41) is 21.0. The molecule has 0 fully saturated rings. The highest BCUT2D eigenvalue weighted by Crippen LogP contribution is 2.36. The van der Waals surface area contributed by atoms with Crippen LogP contribution in [0.1, 0.15) is 29.9 Å². The molecule has 0 aliphatic heterocycles. The molecule has 6 heteroatoms. The third kappa shape index (κ3) is 3.95. The minimum absolute atomic E-state index is 0.111. The molecule has 2 rings (SSSR count). The maximum Gasteiger partial charge on any atom is 0.329 e. The minimum atomic E-state index is -1.03. The monoisotopic (exact) mass is 293 g/mol. The van der Waals surface area contributed by atoms with E-state index in [2.05, 4.69) is 5.32 Å². The minimum Gasteiger partial charge on any atom is -0.508 e. The summed E-state index contributed by atoms with van der Waals surface area (Å²) < 4.78 is 4.87. The van der Waals surface area contributed by atoms with Gasteiger partial charge in [0.25, 0.3) is 0 Å². The van der Waals surface area contributed by atoms with Gasteiger partial charge in [0.2, 0.25) is 5.91 Å². The van der Waals surface area contributed by atoms with Crippen LogP contribution in [0, 0.1) is 0 Å². The number of carbonyl (C=O) groups is 2. The first kappa shape index (κ1) is 15.3. The quantitative estimate of drug-likeness (QED) is 0.681. The lowest BCUT2D eigenvalue weighted by atomic mass is 9.82. The molecule has 0 spiro atoms. The summed E-state index contributed by atoms with van der Waals surface area (Å²) >= 11 is 0. The summed E-state index contributed by atoms with van der Waals surface area (Å²) in [6.07, 6.45) is 2.39. The molecule has 1 aromatic rings. The fraction of sp³-hybridized carbons (Fsp3) is 0.467. The molecule has 0 saturated carbocycles. The number of fused-ring (bicyclic) bond motifs is 1. The van der Waals surface area contributed by atoms with Gasteiger partial charge in [-0.2, -0.15) is 0 Å². The smallest absolute Gasteiger partial charge is 0.329 e. The molecule has 0 heterocycles. The van der Waals surface area contributed by atoms with E-state index >= 15 is 0 Å². The molecule has 3 N–H and O–H groups in total. The zero-order valence-electron chi connectivity index (χ0n) is 11.7. The molecule has 1 amide bonds. The molecular formula is C15H19NO5. The molecule has 6 nitrogen and oxygen atoms in total. The number of rotatable bonds is 6. The summed E-state index contributed by atoms with van der Waals surface area (Å²) in [6.45, 7) is 0.0738. The Morgan fingerprint density at radius 3 is 2.95 bits per heavy atom. The van der Waals surface area contributed by atoms with Crippen LogP contribution in [-0.2, 0) is 20.7 Å². The lowest BCUT2D eigenvalue weighted by Gasteiger charge is -2.25. The first-order valence-electron chi connectivity index (χ1n) is 6.97. The maximum absolute atomic E-state index is 12.2. The third-order valence-corrected chi connectivity index (χ3v) is 3.57. The van der Waals surface area contributed by atoms with E-state index in [0.717, 1.165) is 30.4 Å². The van der Waals surface area contributed by atoms with Gasteiger partial charge in [0.05, 0.1) is 12.5 Å². The number of benzene rings is 1. The van der Waals surface area contributed by atoms with Crippen LogP contribution >= 0.6 is 0 Å². The molecular weight excluding hydrogens is 274 g/mol. The van der Waals surface area contributed by atoms with Gasteiger partial charge in [0.15, 0.2) is 0 Å². The van der Waals surface area contributed by atoms with E-state index in [0.29, 0.717) is 0 Å². The molecule has 114 valence electrons. The number of phenolic OH excluding ortho intramolecular Hbond substituents is 1. The standard InChI is InChI=1S/C15H19NO5/c17-13-6-2-3-10-11(13)4-1-5-12(10)15(20)16-7-8-21-9-14(18)19/h2-3,6,12,17H,1,4-5,7-9H2,(H,16,20)(H,18,19)/t12-/m1/s1. The highest BCUT2D eigenvalue weighted by molar-refractivity contribution is 5.84. The first-order chi connectivity index (χ1) is 10.1. The zero-order chi connectivity index (χ0) is 15.2. The number of aromatic hydroxyl groups is 1. The number of phenols is 1. The normalized spacial score (nSPS) is 17.0. The van der Waals surface area contributed by atoms with Gasteiger partial charge in [-0.1, -0.05) is 12.1 Å². The fourth-order valence-corrected chi connectivity index (χ4v) is 2.63. The second-order valence-corrected chi connectivity index (χ2v) is 5.03. The van der Waals surface area contributed by atoms with Crippen molar-refractivity contribution in [3.8, 4) is 5.75 Å². The average molecular weight is 293 g/mol. The van der Waals surface area contributed by atoms with Gasteiger partial charge < -0.3 is 20.3 Å². The van der Waals surface area contributed by atoms with Crippen LogP contribution in [0.2, 0.25) is 0 Å². The molecule has 0 unspecified atom stereocenters. The Bertz CT molecular complexity index is 529. The van der Waals surface area contributed by atoms with E-state index in [1.807, 2.05) is 6.07 Å². The summed E-state index contributed by atoms with van der Waals surface area (Å²) in [6, 6.07) is 5.26. The van der Waals surface area contributed by atoms with Crippen molar-refractivity contribution >= 4 is 11.9 Å². The van der Waals surface area contributed by atoms with E-state index < -0.39 is 5.97 Å². The van der Waals surface area contributed by atoms with E-state index in [1.165, 1.54) is 0 Å². The van der Waals surface area contributed by atoms with Crippen molar-refractivity contribution < 1.29 is 24.5 Å². The number of ether oxygens (including phenoxy) is 1. The van der Waals surface area contributed by atoms with Gasteiger partial charge in [-0.05, 0) is 36.5 Å². The zero-order valence-corrected chi connectivity index (χ0v) is 11.7. The van der Waals surface area contributed by atoms with Crippen molar-refractivity contribution in [3.05, 3.63) is 29.3 Å². The number of aliphatic carboxylic acids is 1. The van der Waals surface area contributed by atoms with Crippen LogP contribution in [0.25, 0.3) is 0 Å². The van der Waals surface area contributed by atoms with Crippen molar-refractivity contribution in [2.45, 2.75) is 25.2 Å². The molecule has 1 aliphatic carbocycles. The van der Waals surface area contributed by atoms with Crippen LogP contribution in [0.3, 0.4) is 0 Å². The van der Waals surface area contributed by atoms with Crippen LogP contribution in [-0.4, -0.2) is 41.8 Å². The number of hydrogen-bond donors (Lipinski definition) is 3. The number of nitrogens with one attached hydrogen (secondary N) is 1. The highest BCUT2D eigenvalue weighted by atomic mass is 16.5. The Kier molecular flexibility index (Phi) is 5.16. The average Bonchev–Trinajstić information content (AvgIpc) is 2.46. The van der Waals surface area contributed by atoms with Crippen LogP contribution in [0.4, 0.5) is 0 Å². The third-order valence-electron chi connectivity index (χ3n) is 3.57. The van der Waals surface area contributed by atoms with Gasteiger partial charge in [0, 0.05) is 6.54 Å². The fourth-order valence-electron chi connectivity index (χ4n) is 2.63. The molecule has 0 radical (unpaired) electrons. The predicted molar refractivity (Wildman–Crippen MR) is 75.3 cm³/mol. The van der Waals surface area contributed by atoms with Crippen LogP contribution in [0.5, 0.6) is 5.75 Å². The Hall–Kier alpha value is -2.08. The number of carboxylic acid groups (broad SMARTS) is 1.